The predicted molar refractivity (Wildman–Crippen MR) is 96.8 cm³/mol. The van der Waals surface area contributed by atoms with E-state index in [-0.39, 0.29) is 5.91 Å². The SMILES string of the molecule is O=C(NCCCN1CCOCC1)c1csc(-c2ccc(Cl)cc2)n1. The lowest BCUT2D eigenvalue weighted by atomic mass is 10.2. The quantitative estimate of drug-likeness (QED) is 0.800. The number of halogens is 1. The highest BCUT2D eigenvalue weighted by Crippen LogP contribution is 2.25. The Hall–Kier alpha value is -1.47. The van der Waals surface area contributed by atoms with Gasteiger partial charge in [0.1, 0.15) is 10.7 Å². The summed E-state index contributed by atoms with van der Waals surface area (Å²) in [4.78, 5) is 18.9. The molecule has 1 aliphatic heterocycles. The van der Waals surface area contributed by atoms with E-state index in [0.717, 1.165) is 49.8 Å². The second-order valence-electron chi connectivity index (χ2n) is 5.61. The summed E-state index contributed by atoms with van der Waals surface area (Å²) in [5.41, 5.74) is 1.44. The molecule has 0 atom stereocenters. The van der Waals surface area contributed by atoms with Crippen LogP contribution in [-0.2, 0) is 4.74 Å². The molecule has 0 unspecified atom stereocenters. The van der Waals surface area contributed by atoms with Crippen LogP contribution in [0.2, 0.25) is 5.02 Å². The van der Waals surface area contributed by atoms with Gasteiger partial charge in [0, 0.05) is 35.6 Å². The summed E-state index contributed by atoms with van der Waals surface area (Å²) in [6.45, 7) is 5.20. The van der Waals surface area contributed by atoms with Crippen LogP contribution < -0.4 is 5.32 Å². The zero-order valence-corrected chi connectivity index (χ0v) is 14.9. The van der Waals surface area contributed by atoms with Gasteiger partial charge in [-0.15, -0.1) is 11.3 Å². The molecule has 1 aliphatic rings. The first-order chi connectivity index (χ1) is 11.7. The van der Waals surface area contributed by atoms with Gasteiger partial charge in [0.2, 0.25) is 0 Å². The van der Waals surface area contributed by atoms with Gasteiger partial charge in [-0.1, -0.05) is 23.7 Å². The lowest BCUT2D eigenvalue weighted by molar-refractivity contribution is 0.0374. The summed E-state index contributed by atoms with van der Waals surface area (Å²) >= 11 is 7.35. The fourth-order valence-corrected chi connectivity index (χ4v) is 3.46. The Bertz CT molecular complexity index is 669. The smallest absolute Gasteiger partial charge is 0.270 e. The molecule has 0 aliphatic carbocycles. The summed E-state index contributed by atoms with van der Waals surface area (Å²) in [6, 6.07) is 7.46. The molecule has 3 rings (SSSR count). The summed E-state index contributed by atoms with van der Waals surface area (Å²) in [5, 5.41) is 6.24. The van der Waals surface area contributed by atoms with Gasteiger partial charge in [-0.05, 0) is 25.1 Å². The fourth-order valence-electron chi connectivity index (χ4n) is 2.52. The van der Waals surface area contributed by atoms with E-state index in [1.54, 1.807) is 5.38 Å². The van der Waals surface area contributed by atoms with Crippen LogP contribution in [0.4, 0.5) is 0 Å². The van der Waals surface area contributed by atoms with Crippen molar-refractivity contribution in [2.24, 2.45) is 0 Å². The molecule has 24 heavy (non-hydrogen) atoms. The van der Waals surface area contributed by atoms with Crippen molar-refractivity contribution in [3.8, 4) is 10.6 Å². The molecule has 1 aromatic heterocycles. The second-order valence-corrected chi connectivity index (χ2v) is 6.90. The van der Waals surface area contributed by atoms with Crippen LogP contribution in [0.5, 0.6) is 0 Å². The minimum atomic E-state index is -0.117. The largest absolute Gasteiger partial charge is 0.379 e. The predicted octanol–water partition coefficient (Wildman–Crippen LogP) is 2.92. The normalized spacial score (nSPS) is 15.4. The van der Waals surface area contributed by atoms with E-state index in [9.17, 15) is 4.79 Å². The van der Waals surface area contributed by atoms with E-state index in [0.29, 0.717) is 17.3 Å². The van der Waals surface area contributed by atoms with Gasteiger partial charge in [-0.3, -0.25) is 9.69 Å². The highest BCUT2D eigenvalue weighted by Gasteiger charge is 2.13. The number of benzene rings is 1. The van der Waals surface area contributed by atoms with Crippen molar-refractivity contribution >= 4 is 28.8 Å². The van der Waals surface area contributed by atoms with Gasteiger partial charge in [0.05, 0.1) is 13.2 Å². The van der Waals surface area contributed by atoms with Crippen molar-refractivity contribution in [1.29, 1.82) is 0 Å². The van der Waals surface area contributed by atoms with Crippen molar-refractivity contribution in [2.45, 2.75) is 6.42 Å². The minimum absolute atomic E-state index is 0.117. The Morgan fingerprint density at radius 2 is 2.04 bits per heavy atom. The molecule has 7 heteroatoms. The lowest BCUT2D eigenvalue weighted by Gasteiger charge is -2.26. The first-order valence-corrected chi connectivity index (χ1v) is 9.28. The Labute approximate surface area is 150 Å². The monoisotopic (exact) mass is 365 g/mol. The number of rotatable bonds is 6. The molecule has 1 saturated heterocycles. The average Bonchev–Trinajstić information content (AvgIpc) is 3.10. The Kier molecular flexibility index (Phi) is 6.20. The first kappa shape index (κ1) is 17.4. The minimum Gasteiger partial charge on any atom is -0.379 e. The molecular weight excluding hydrogens is 346 g/mol. The highest BCUT2D eigenvalue weighted by atomic mass is 35.5. The van der Waals surface area contributed by atoms with Crippen LogP contribution >= 0.6 is 22.9 Å². The molecule has 0 bridgehead atoms. The molecule has 2 aromatic rings. The molecule has 1 N–H and O–H groups in total. The van der Waals surface area contributed by atoms with Gasteiger partial charge in [-0.2, -0.15) is 0 Å². The number of morpholine rings is 1. The van der Waals surface area contributed by atoms with E-state index in [1.165, 1.54) is 11.3 Å². The molecule has 0 spiro atoms. The van der Waals surface area contributed by atoms with Gasteiger partial charge in [0.15, 0.2) is 0 Å². The number of nitrogens with one attached hydrogen (secondary N) is 1. The van der Waals surface area contributed by atoms with Gasteiger partial charge >= 0.3 is 0 Å². The molecule has 1 fully saturated rings. The van der Waals surface area contributed by atoms with Crippen LogP contribution in [0.25, 0.3) is 10.6 Å². The fraction of sp³-hybridized carbons (Fsp3) is 0.412. The van der Waals surface area contributed by atoms with Crippen LogP contribution in [0.1, 0.15) is 16.9 Å². The maximum Gasteiger partial charge on any atom is 0.270 e. The first-order valence-electron chi connectivity index (χ1n) is 8.02. The standard InChI is InChI=1S/C17H20ClN3O2S/c18-14-4-2-13(3-5-14)17-20-15(12-24-17)16(22)19-6-1-7-21-8-10-23-11-9-21/h2-5,12H,1,6-11H2,(H,19,22). The Balaban J connectivity index is 1.46. The van der Waals surface area contributed by atoms with E-state index in [2.05, 4.69) is 15.2 Å². The number of aromatic nitrogens is 1. The third kappa shape index (κ3) is 4.77. The lowest BCUT2D eigenvalue weighted by Crippen LogP contribution is -2.38. The molecule has 0 saturated carbocycles. The van der Waals surface area contributed by atoms with E-state index >= 15 is 0 Å². The number of thiazole rings is 1. The van der Waals surface area contributed by atoms with Crippen LogP contribution in [0.15, 0.2) is 29.6 Å². The molecule has 1 aromatic carbocycles. The van der Waals surface area contributed by atoms with Crippen molar-refractivity contribution < 1.29 is 9.53 Å². The Morgan fingerprint density at radius 3 is 2.79 bits per heavy atom. The molecule has 1 amide bonds. The summed E-state index contributed by atoms with van der Waals surface area (Å²) in [5.74, 6) is -0.117. The maximum absolute atomic E-state index is 12.2. The molecule has 5 nitrogen and oxygen atoms in total. The Morgan fingerprint density at radius 1 is 1.29 bits per heavy atom. The van der Waals surface area contributed by atoms with Crippen molar-refractivity contribution in [3.63, 3.8) is 0 Å². The molecular formula is C17H20ClN3O2S. The number of ether oxygens (including phenoxy) is 1. The van der Waals surface area contributed by atoms with E-state index < -0.39 is 0 Å². The number of hydrogen-bond acceptors (Lipinski definition) is 5. The molecule has 2 heterocycles. The van der Waals surface area contributed by atoms with Crippen molar-refractivity contribution in [2.75, 3.05) is 39.4 Å². The zero-order chi connectivity index (χ0) is 16.8. The van der Waals surface area contributed by atoms with E-state index in [1.807, 2.05) is 24.3 Å². The number of nitrogens with zero attached hydrogens (tertiary/aromatic N) is 2. The van der Waals surface area contributed by atoms with Crippen LogP contribution in [0, 0.1) is 0 Å². The molecule has 0 radical (unpaired) electrons. The summed E-state index contributed by atoms with van der Waals surface area (Å²) in [6.07, 6.45) is 0.930. The number of carbonyl (C=O) groups excluding carboxylic acids is 1. The number of carbonyl (C=O) groups is 1. The van der Waals surface area contributed by atoms with Crippen LogP contribution in [-0.4, -0.2) is 55.2 Å². The van der Waals surface area contributed by atoms with Crippen molar-refractivity contribution in [3.05, 3.63) is 40.4 Å². The third-order valence-electron chi connectivity index (χ3n) is 3.87. The maximum atomic E-state index is 12.2. The average molecular weight is 366 g/mol. The highest BCUT2D eigenvalue weighted by molar-refractivity contribution is 7.13. The van der Waals surface area contributed by atoms with Crippen LogP contribution in [0.3, 0.4) is 0 Å². The van der Waals surface area contributed by atoms with E-state index in [4.69, 9.17) is 16.3 Å². The van der Waals surface area contributed by atoms with Gasteiger partial charge in [-0.25, -0.2) is 4.98 Å². The summed E-state index contributed by atoms with van der Waals surface area (Å²) in [7, 11) is 0. The van der Waals surface area contributed by atoms with Gasteiger partial charge in [0.25, 0.3) is 5.91 Å². The number of amides is 1. The summed E-state index contributed by atoms with van der Waals surface area (Å²) < 4.78 is 5.32. The topological polar surface area (TPSA) is 54.5 Å². The zero-order valence-electron chi connectivity index (χ0n) is 13.3. The van der Waals surface area contributed by atoms with Gasteiger partial charge < -0.3 is 10.1 Å². The van der Waals surface area contributed by atoms with Crippen molar-refractivity contribution in [1.82, 2.24) is 15.2 Å². The number of hydrogen-bond donors (Lipinski definition) is 1. The molecule has 128 valence electrons. The second kappa shape index (κ2) is 8.58. The third-order valence-corrected chi connectivity index (χ3v) is 5.01.